The van der Waals surface area contributed by atoms with Crippen LogP contribution < -0.4 is 10.0 Å². The lowest BCUT2D eigenvalue weighted by Crippen LogP contribution is -2.48. The summed E-state index contributed by atoms with van der Waals surface area (Å²) in [7, 11) is -2.43. The molecule has 2 aromatic rings. The SMILES string of the molecule is Cn1cc2c(c1C(=O)Nc1ccc(F)c(F)c1)CCC(C(C)(C)O)NS2(=O)=O. The first kappa shape index (κ1) is 20.4. The molecular formula is C18H21F2N3O4S. The molecule has 28 heavy (non-hydrogen) atoms. The van der Waals surface area contributed by atoms with Gasteiger partial charge in [0.2, 0.25) is 10.0 Å². The number of amides is 1. The summed E-state index contributed by atoms with van der Waals surface area (Å²) >= 11 is 0. The van der Waals surface area contributed by atoms with Crippen LogP contribution in [0.2, 0.25) is 0 Å². The van der Waals surface area contributed by atoms with E-state index in [-0.39, 0.29) is 29.1 Å². The van der Waals surface area contributed by atoms with Gasteiger partial charge in [-0.15, -0.1) is 0 Å². The molecule has 0 saturated heterocycles. The van der Waals surface area contributed by atoms with Gasteiger partial charge >= 0.3 is 0 Å². The van der Waals surface area contributed by atoms with E-state index in [1.807, 2.05) is 0 Å². The van der Waals surface area contributed by atoms with Gasteiger partial charge in [-0.25, -0.2) is 21.9 Å². The van der Waals surface area contributed by atoms with Gasteiger partial charge in [0.05, 0.1) is 11.6 Å². The molecule has 1 unspecified atom stereocenters. The Balaban J connectivity index is 1.98. The van der Waals surface area contributed by atoms with Crippen LogP contribution in [0.4, 0.5) is 14.5 Å². The van der Waals surface area contributed by atoms with Crippen LogP contribution in [-0.2, 0) is 23.5 Å². The van der Waals surface area contributed by atoms with Crippen LogP contribution in [0.25, 0.3) is 0 Å². The number of carbonyl (C=O) groups is 1. The second-order valence-corrected chi connectivity index (χ2v) is 9.06. The number of benzene rings is 1. The van der Waals surface area contributed by atoms with Crippen molar-refractivity contribution in [1.82, 2.24) is 9.29 Å². The third-order valence-corrected chi connectivity index (χ3v) is 6.29. The maximum Gasteiger partial charge on any atom is 0.272 e. The third kappa shape index (κ3) is 3.80. The minimum absolute atomic E-state index is 0.0443. The predicted octanol–water partition coefficient (Wildman–Crippen LogP) is 1.92. The van der Waals surface area contributed by atoms with Crippen molar-refractivity contribution in [1.29, 1.82) is 0 Å². The second kappa shape index (κ2) is 6.94. The number of hydrogen-bond donors (Lipinski definition) is 3. The summed E-state index contributed by atoms with van der Waals surface area (Å²) < 4.78 is 55.8. The highest BCUT2D eigenvalue weighted by atomic mass is 32.2. The summed E-state index contributed by atoms with van der Waals surface area (Å²) in [5.74, 6) is -2.80. The van der Waals surface area contributed by atoms with Crippen molar-refractivity contribution in [2.75, 3.05) is 5.32 Å². The van der Waals surface area contributed by atoms with Gasteiger partial charge in [-0.3, -0.25) is 4.79 Å². The molecule has 0 fully saturated rings. The van der Waals surface area contributed by atoms with Gasteiger partial charge in [-0.2, -0.15) is 0 Å². The number of rotatable bonds is 3. The molecule has 0 saturated carbocycles. The standard InChI is InChI=1S/C18H21F2N3O4S/c1-18(2,25)15-7-5-11-14(28(26,27)22-15)9-23(3)16(11)17(24)21-10-4-6-12(19)13(20)8-10/h4,6,8-9,15,22,25H,5,7H2,1-3H3,(H,21,24). The number of carbonyl (C=O) groups excluding carboxylic acids is 1. The fourth-order valence-corrected chi connectivity index (χ4v) is 5.01. The summed E-state index contributed by atoms with van der Waals surface area (Å²) in [6, 6.07) is 2.22. The lowest BCUT2D eigenvalue weighted by Gasteiger charge is -2.28. The van der Waals surface area contributed by atoms with E-state index in [0.717, 1.165) is 12.1 Å². The Hall–Kier alpha value is -2.30. The van der Waals surface area contributed by atoms with E-state index >= 15 is 0 Å². The molecule has 10 heteroatoms. The Bertz CT molecular complexity index is 1040. The first-order chi connectivity index (χ1) is 12.9. The van der Waals surface area contributed by atoms with E-state index in [9.17, 15) is 27.1 Å². The quantitative estimate of drug-likeness (QED) is 0.716. The molecule has 3 rings (SSSR count). The molecule has 0 spiro atoms. The van der Waals surface area contributed by atoms with Gasteiger partial charge in [0, 0.05) is 30.6 Å². The average molecular weight is 413 g/mol. The second-order valence-electron chi connectivity index (χ2n) is 7.38. The topological polar surface area (TPSA) is 100 Å². The van der Waals surface area contributed by atoms with Gasteiger partial charge < -0.3 is 15.0 Å². The minimum atomic E-state index is -3.95. The van der Waals surface area contributed by atoms with E-state index in [0.29, 0.717) is 5.56 Å². The molecule has 1 aliphatic heterocycles. The zero-order valence-corrected chi connectivity index (χ0v) is 16.4. The summed E-state index contributed by atoms with van der Waals surface area (Å²) in [4.78, 5) is 12.7. The molecular weight excluding hydrogens is 392 g/mol. The van der Waals surface area contributed by atoms with Crippen molar-refractivity contribution in [2.45, 2.75) is 43.2 Å². The maximum atomic E-state index is 13.4. The highest BCUT2D eigenvalue weighted by molar-refractivity contribution is 7.89. The van der Waals surface area contributed by atoms with E-state index in [2.05, 4.69) is 10.0 Å². The van der Waals surface area contributed by atoms with Crippen LogP contribution in [0, 0.1) is 11.6 Å². The lowest BCUT2D eigenvalue weighted by molar-refractivity contribution is 0.0434. The van der Waals surface area contributed by atoms with Gasteiger partial charge in [0.25, 0.3) is 5.91 Å². The first-order valence-electron chi connectivity index (χ1n) is 8.59. The number of nitrogens with one attached hydrogen (secondary N) is 2. The highest BCUT2D eigenvalue weighted by Crippen LogP contribution is 2.30. The third-order valence-electron chi connectivity index (χ3n) is 4.76. The van der Waals surface area contributed by atoms with E-state index < -0.39 is 39.2 Å². The Morgan fingerprint density at radius 2 is 2.00 bits per heavy atom. The molecule has 0 bridgehead atoms. The lowest BCUT2D eigenvalue weighted by atomic mass is 9.93. The highest BCUT2D eigenvalue weighted by Gasteiger charge is 2.37. The zero-order chi connectivity index (χ0) is 20.9. The smallest absolute Gasteiger partial charge is 0.272 e. The molecule has 1 aromatic heterocycles. The van der Waals surface area contributed by atoms with Gasteiger partial charge in [-0.05, 0) is 38.8 Å². The van der Waals surface area contributed by atoms with Crippen LogP contribution in [-0.4, -0.2) is 35.6 Å². The van der Waals surface area contributed by atoms with Crippen LogP contribution in [0.5, 0.6) is 0 Å². The number of hydrogen-bond acceptors (Lipinski definition) is 4. The Kier molecular flexibility index (Phi) is 5.07. The van der Waals surface area contributed by atoms with Gasteiger partial charge in [0.15, 0.2) is 11.6 Å². The number of aromatic nitrogens is 1. The maximum absolute atomic E-state index is 13.4. The number of aliphatic hydroxyl groups is 1. The van der Waals surface area contributed by atoms with Crippen molar-refractivity contribution >= 4 is 21.6 Å². The van der Waals surface area contributed by atoms with Crippen LogP contribution in [0.3, 0.4) is 0 Å². The van der Waals surface area contributed by atoms with E-state index in [4.69, 9.17) is 0 Å². The first-order valence-corrected chi connectivity index (χ1v) is 10.1. The van der Waals surface area contributed by atoms with Crippen LogP contribution in [0.15, 0.2) is 29.3 Å². The Morgan fingerprint density at radius 1 is 1.32 bits per heavy atom. The fourth-order valence-electron chi connectivity index (χ4n) is 3.28. The zero-order valence-electron chi connectivity index (χ0n) is 15.6. The van der Waals surface area contributed by atoms with Crippen molar-refractivity contribution in [3.8, 4) is 0 Å². The minimum Gasteiger partial charge on any atom is -0.389 e. The van der Waals surface area contributed by atoms with Crippen molar-refractivity contribution in [2.24, 2.45) is 7.05 Å². The average Bonchev–Trinajstić information content (AvgIpc) is 2.84. The van der Waals surface area contributed by atoms with E-state index in [1.54, 1.807) is 0 Å². The van der Waals surface area contributed by atoms with Crippen LogP contribution in [0.1, 0.15) is 36.3 Å². The van der Waals surface area contributed by atoms with Gasteiger partial charge in [0.1, 0.15) is 10.6 Å². The molecule has 0 aliphatic carbocycles. The summed E-state index contributed by atoms with van der Waals surface area (Å²) in [6.45, 7) is 3.01. The Morgan fingerprint density at radius 3 is 2.61 bits per heavy atom. The fraction of sp³-hybridized carbons (Fsp3) is 0.389. The molecule has 152 valence electrons. The number of sulfonamides is 1. The molecule has 1 aliphatic rings. The van der Waals surface area contributed by atoms with E-state index in [1.165, 1.54) is 37.7 Å². The van der Waals surface area contributed by atoms with Crippen LogP contribution >= 0.6 is 0 Å². The normalized spacial score (nSPS) is 19.0. The van der Waals surface area contributed by atoms with Crippen molar-refractivity contribution in [3.05, 3.63) is 47.3 Å². The molecule has 1 aromatic carbocycles. The number of halogens is 2. The summed E-state index contributed by atoms with van der Waals surface area (Å²) in [6.07, 6.45) is 1.84. The van der Waals surface area contributed by atoms with Crippen molar-refractivity contribution in [3.63, 3.8) is 0 Å². The molecule has 0 radical (unpaired) electrons. The predicted molar refractivity (Wildman–Crippen MR) is 98.5 cm³/mol. The molecule has 1 atom stereocenters. The molecule has 1 amide bonds. The Labute approximate surface area is 161 Å². The number of nitrogens with zero attached hydrogens (tertiary/aromatic N) is 1. The molecule has 7 nitrogen and oxygen atoms in total. The summed E-state index contributed by atoms with van der Waals surface area (Å²) in [5, 5.41) is 12.7. The molecule has 2 heterocycles. The van der Waals surface area contributed by atoms with Crippen molar-refractivity contribution < 1.29 is 27.1 Å². The number of fused-ring (bicyclic) bond motifs is 1. The monoisotopic (exact) mass is 413 g/mol. The van der Waals surface area contributed by atoms with Gasteiger partial charge in [-0.1, -0.05) is 0 Å². The number of aryl methyl sites for hydroxylation is 1. The number of anilines is 1. The molecule has 3 N–H and O–H groups in total. The largest absolute Gasteiger partial charge is 0.389 e. The summed E-state index contributed by atoms with van der Waals surface area (Å²) in [5.41, 5.74) is -0.835.